The Morgan fingerprint density at radius 3 is 2.60 bits per heavy atom. The summed E-state index contributed by atoms with van der Waals surface area (Å²) >= 11 is 0. The third-order valence-electron chi connectivity index (χ3n) is 3.49. The van der Waals surface area contributed by atoms with Gasteiger partial charge in [-0.05, 0) is 42.8 Å². The minimum atomic E-state index is -0.493. The van der Waals surface area contributed by atoms with Crippen molar-refractivity contribution in [3.05, 3.63) is 69.5 Å². The molecule has 0 atom stereocenters. The lowest BCUT2D eigenvalue weighted by molar-refractivity contribution is -0.384. The number of allylic oxidation sites excluding steroid dienone is 1. The van der Waals surface area contributed by atoms with Gasteiger partial charge in [-0.25, -0.2) is 0 Å². The second-order valence-corrected chi connectivity index (χ2v) is 5.44. The first-order valence-electron chi connectivity index (χ1n) is 7.39. The molecular formula is C18H13NO6. The van der Waals surface area contributed by atoms with Crippen molar-refractivity contribution in [2.24, 2.45) is 0 Å². The molecule has 0 fully saturated rings. The average molecular weight is 339 g/mol. The van der Waals surface area contributed by atoms with E-state index in [1.54, 1.807) is 18.2 Å². The van der Waals surface area contributed by atoms with Crippen LogP contribution in [0.4, 0.5) is 5.69 Å². The number of benzene rings is 2. The highest BCUT2D eigenvalue weighted by molar-refractivity contribution is 6.14. The number of hydrogen-bond donors (Lipinski definition) is 0. The lowest BCUT2D eigenvalue weighted by Gasteiger charge is -2.04. The Morgan fingerprint density at radius 2 is 1.96 bits per heavy atom. The maximum atomic E-state index is 12.4. The van der Waals surface area contributed by atoms with Gasteiger partial charge in [-0.1, -0.05) is 0 Å². The Hall–Kier alpha value is -3.48. The van der Waals surface area contributed by atoms with Gasteiger partial charge >= 0.3 is 0 Å². The molecule has 3 rings (SSSR count). The van der Waals surface area contributed by atoms with Crippen molar-refractivity contribution in [1.29, 1.82) is 0 Å². The number of carbonyl (C=O) groups is 2. The van der Waals surface area contributed by atoms with Crippen molar-refractivity contribution in [1.82, 2.24) is 0 Å². The fraction of sp³-hybridized carbons (Fsp3) is 0.111. The number of nitro benzene ring substituents is 1. The summed E-state index contributed by atoms with van der Waals surface area (Å²) in [6.45, 7) is 1.36. The Bertz CT molecular complexity index is 898. The Labute approximate surface area is 142 Å². The molecule has 0 bridgehead atoms. The van der Waals surface area contributed by atoms with Crippen LogP contribution in [0.3, 0.4) is 0 Å². The molecule has 0 N–H and O–H groups in total. The van der Waals surface area contributed by atoms with E-state index >= 15 is 0 Å². The van der Waals surface area contributed by atoms with Crippen molar-refractivity contribution in [3.8, 4) is 11.5 Å². The van der Waals surface area contributed by atoms with Crippen LogP contribution in [0.2, 0.25) is 0 Å². The molecule has 2 aromatic carbocycles. The van der Waals surface area contributed by atoms with Crippen molar-refractivity contribution in [2.75, 3.05) is 6.61 Å². The number of rotatable bonds is 5. The molecule has 0 saturated carbocycles. The largest absolute Gasteiger partial charge is 0.486 e. The van der Waals surface area contributed by atoms with Crippen molar-refractivity contribution < 1.29 is 24.0 Å². The van der Waals surface area contributed by atoms with E-state index in [2.05, 4.69) is 0 Å². The molecule has 0 unspecified atom stereocenters. The summed E-state index contributed by atoms with van der Waals surface area (Å²) in [5.41, 5.74) is 0.967. The third-order valence-corrected chi connectivity index (χ3v) is 3.49. The van der Waals surface area contributed by atoms with Crippen molar-refractivity contribution >= 4 is 23.3 Å². The summed E-state index contributed by atoms with van der Waals surface area (Å²) in [5, 5.41) is 10.7. The standard InChI is InChI=1S/C18H13NO6/c1-11(20)10-24-14-6-7-15-16(9-14)25-17(18(15)21)8-12-2-4-13(5-3-12)19(22)23/h2-9H,10H2,1H3. The van der Waals surface area contributed by atoms with Crippen LogP contribution in [-0.4, -0.2) is 23.1 Å². The number of hydrogen-bond acceptors (Lipinski definition) is 6. The molecule has 0 aliphatic carbocycles. The summed E-state index contributed by atoms with van der Waals surface area (Å²) in [6, 6.07) is 10.5. The predicted molar refractivity (Wildman–Crippen MR) is 88.6 cm³/mol. The van der Waals surface area contributed by atoms with Gasteiger partial charge in [-0.2, -0.15) is 0 Å². The molecule has 25 heavy (non-hydrogen) atoms. The van der Waals surface area contributed by atoms with Gasteiger partial charge in [0, 0.05) is 18.2 Å². The number of non-ortho nitro benzene ring substituents is 1. The van der Waals surface area contributed by atoms with Crippen molar-refractivity contribution in [3.63, 3.8) is 0 Å². The zero-order valence-corrected chi connectivity index (χ0v) is 13.2. The summed E-state index contributed by atoms with van der Waals surface area (Å²) < 4.78 is 10.9. The molecule has 2 aromatic rings. The topological polar surface area (TPSA) is 95.7 Å². The normalized spacial score (nSPS) is 14.1. The van der Waals surface area contributed by atoms with Crippen LogP contribution in [0.5, 0.6) is 11.5 Å². The van der Waals surface area contributed by atoms with Crippen LogP contribution in [0.1, 0.15) is 22.8 Å². The Balaban J connectivity index is 1.81. The SMILES string of the molecule is CC(=O)COc1ccc2c(c1)OC(=Cc1ccc([N+](=O)[O-])cc1)C2=O. The quantitative estimate of drug-likeness (QED) is 0.471. The number of ketones is 2. The predicted octanol–water partition coefficient (Wildman–Crippen LogP) is 3.18. The minimum absolute atomic E-state index is 0.0311. The monoisotopic (exact) mass is 339 g/mol. The van der Waals surface area contributed by atoms with Gasteiger partial charge in [-0.3, -0.25) is 19.7 Å². The highest BCUT2D eigenvalue weighted by Crippen LogP contribution is 2.35. The van der Waals surface area contributed by atoms with Gasteiger partial charge < -0.3 is 9.47 Å². The zero-order chi connectivity index (χ0) is 18.0. The minimum Gasteiger partial charge on any atom is -0.486 e. The number of nitrogens with zero attached hydrogens (tertiary/aromatic N) is 1. The van der Waals surface area contributed by atoms with E-state index in [0.717, 1.165) is 0 Å². The summed E-state index contributed by atoms with van der Waals surface area (Å²) in [5.74, 6) is 0.493. The number of Topliss-reactive ketones (excluding diaryl/α,β-unsaturated/α-hetero) is 2. The van der Waals surface area contributed by atoms with Gasteiger partial charge in [-0.15, -0.1) is 0 Å². The van der Waals surface area contributed by atoms with Gasteiger partial charge in [0.05, 0.1) is 10.5 Å². The molecule has 0 aromatic heterocycles. The first kappa shape index (κ1) is 16.4. The number of nitro groups is 1. The van der Waals surface area contributed by atoms with Crippen LogP contribution < -0.4 is 9.47 Å². The van der Waals surface area contributed by atoms with E-state index in [-0.39, 0.29) is 29.6 Å². The second-order valence-electron chi connectivity index (χ2n) is 5.44. The van der Waals surface area contributed by atoms with Gasteiger partial charge in [0.2, 0.25) is 5.78 Å². The van der Waals surface area contributed by atoms with Crippen LogP contribution in [-0.2, 0) is 4.79 Å². The molecule has 0 amide bonds. The average Bonchev–Trinajstić information content (AvgIpc) is 2.89. The van der Waals surface area contributed by atoms with Crippen LogP contribution in [0.15, 0.2) is 48.2 Å². The first-order chi connectivity index (χ1) is 11.9. The lowest BCUT2D eigenvalue weighted by atomic mass is 10.1. The molecule has 0 radical (unpaired) electrons. The molecular weight excluding hydrogens is 326 g/mol. The lowest BCUT2D eigenvalue weighted by Crippen LogP contribution is -2.06. The van der Waals surface area contributed by atoms with Gasteiger partial charge in [0.15, 0.2) is 11.5 Å². The molecule has 0 spiro atoms. The highest BCUT2D eigenvalue weighted by Gasteiger charge is 2.27. The fourth-order valence-electron chi connectivity index (χ4n) is 2.29. The molecule has 126 valence electrons. The third kappa shape index (κ3) is 3.55. The summed E-state index contributed by atoms with van der Waals surface area (Å²) in [4.78, 5) is 33.5. The van der Waals surface area contributed by atoms with Crippen LogP contribution in [0, 0.1) is 10.1 Å². The molecule has 0 saturated heterocycles. The highest BCUT2D eigenvalue weighted by atomic mass is 16.6. The van der Waals surface area contributed by atoms with E-state index in [4.69, 9.17) is 9.47 Å². The van der Waals surface area contributed by atoms with Gasteiger partial charge in [0.1, 0.15) is 18.1 Å². The van der Waals surface area contributed by atoms with Crippen LogP contribution >= 0.6 is 0 Å². The van der Waals surface area contributed by atoms with E-state index < -0.39 is 4.92 Å². The van der Waals surface area contributed by atoms with E-state index in [0.29, 0.717) is 22.6 Å². The van der Waals surface area contributed by atoms with E-state index in [1.165, 1.54) is 37.3 Å². The molecule has 1 heterocycles. The molecule has 1 aliphatic rings. The molecule has 7 heteroatoms. The number of carbonyl (C=O) groups excluding carboxylic acids is 2. The summed E-state index contributed by atoms with van der Waals surface area (Å²) in [6.07, 6.45) is 1.52. The summed E-state index contributed by atoms with van der Waals surface area (Å²) in [7, 11) is 0. The fourth-order valence-corrected chi connectivity index (χ4v) is 2.29. The maximum Gasteiger partial charge on any atom is 0.269 e. The van der Waals surface area contributed by atoms with Gasteiger partial charge in [0.25, 0.3) is 5.69 Å². The Morgan fingerprint density at radius 1 is 1.24 bits per heavy atom. The van der Waals surface area contributed by atoms with E-state index in [1.807, 2.05) is 0 Å². The number of ether oxygens (including phenoxy) is 2. The molecule has 1 aliphatic heterocycles. The Kier molecular flexibility index (Phi) is 4.30. The maximum absolute atomic E-state index is 12.4. The number of fused-ring (bicyclic) bond motifs is 1. The zero-order valence-electron chi connectivity index (χ0n) is 13.2. The molecule has 7 nitrogen and oxygen atoms in total. The first-order valence-corrected chi connectivity index (χ1v) is 7.39. The van der Waals surface area contributed by atoms with Crippen molar-refractivity contribution in [2.45, 2.75) is 6.92 Å². The smallest absolute Gasteiger partial charge is 0.269 e. The second kappa shape index (κ2) is 6.56. The van der Waals surface area contributed by atoms with E-state index in [9.17, 15) is 19.7 Å². The van der Waals surface area contributed by atoms with Crippen LogP contribution in [0.25, 0.3) is 6.08 Å².